The number of nitrogens with zero attached hydrogens (tertiary/aromatic N) is 5. The number of hydrogen-bond acceptors (Lipinski definition) is 7. The molecule has 1 fully saturated rings. The number of pyridine rings is 1. The first-order chi connectivity index (χ1) is 15.0. The van der Waals surface area contributed by atoms with Crippen molar-refractivity contribution in [2.45, 2.75) is 37.8 Å². The molecule has 1 aliphatic rings. The maximum absolute atomic E-state index is 12.8. The highest BCUT2D eigenvalue weighted by Crippen LogP contribution is 2.25. The summed E-state index contributed by atoms with van der Waals surface area (Å²) in [5.41, 5.74) is 6.85. The summed E-state index contributed by atoms with van der Waals surface area (Å²) < 4.78 is 8.15. The molecule has 0 radical (unpaired) electrons. The number of halogens is 1. The Kier molecular flexibility index (Phi) is 6.21. The number of hydrogen-bond donors (Lipinski definition) is 2. The Morgan fingerprint density at radius 1 is 1.19 bits per heavy atom. The molecule has 3 aromatic rings. The van der Waals surface area contributed by atoms with Crippen molar-refractivity contribution in [2.24, 2.45) is 5.73 Å². The second-order valence-corrected chi connectivity index (χ2v) is 8.15. The monoisotopic (exact) mass is 485 g/mol. The molecule has 2 aromatic heterocycles. The van der Waals surface area contributed by atoms with Gasteiger partial charge in [-0.15, -0.1) is 5.10 Å². The number of amides is 2. The lowest BCUT2D eigenvalue weighted by Gasteiger charge is -2.29. The van der Waals surface area contributed by atoms with Crippen molar-refractivity contribution in [3.63, 3.8) is 0 Å². The van der Waals surface area contributed by atoms with E-state index in [0.717, 1.165) is 30.2 Å². The van der Waals surface area contributed by atoms with Crippen LogP contribution >= 0.6 is 15.9 Å². The minimum Gasteiger partial charge on any atom is -0.474 e. The number of benzene rings is 1. The summed E-state index contributed by atoms with van der Waals surface area (Å²) in [5.74, 6) is -0.480. The van der Waals surface area contributed by atoms with Gasteiger partial charge >= 0.3 is 0 Å². The number of nitrogens with one attached hydrogen (secondary N) is 1. The fourth-order valence-electron chi connectivity index (χ4n) is 3.54. The molecule has 0 aliphatic heterocycles. The summed E-state index contributed by atoms with van der Waals surface area (Å²) in [6.07, 6.45) is 5.91. The lowest BCUT2D eigenvalue weighted by atomic mass is 9.92. The maximum atomic E-state index is 12.8. The van der Waals surface area contributed by atoms with E-state index >= 15 is 0 Å². The number of aromatic nitrogens is 5. The SMILES string of the molecule is NC(=O)c1cccnc1O[C@H]1CC[C@H](NC(=O)c2cc(Br)cc(-n3cnnn3)c2)CC1. The van der Waals surface area contributed by atoms with E-state index in [9.17, 15) is 9.59 Å². The first-order valence-corrected chi connectivity index (χ1v) is 10.5. The Bertz CT molecular complexity index is 1080. The molecule has 0 atom stereocenters. The largest absolute Gasteiger partial charge is 0.474 e. The maximum Gasteiger partial charge on any atom is 0.254 e. The molecular formula is C20H20BrN7O3. The highest BCUT2D eigenvalue weighted by Gasteiger charge is 2.25. The molecule has 0 bridgehead atoms. The zero-order valence-corrected chi connectivity index (χ0v) is 18.0. The molecule has 160 valence electrons. The van der Waals surface area contributed by atoms with Gasteiger partial charge in [0, 0.05) is 22.3 Å². The molecule has 11 heteroatoms. The molecule has 0 spiro atoms. The summed E-state index contributed by atoms with van der Waals surface area (Å²) >= 11 is 3.43. The highest BCUT2D eigenvalue weighted by molar-refractivity contribution is 9.10. The van der Waals surface area contributed by atoms with E-state index in [4.69, 9.17) is 10.5 Å². The van der Waals surface area contributed by atoms with Crippen molar-refractivity contribution in [3.8, 4) is 11.6 Å². The van der Waals surface area contributed by atoms with Crippen LogP contribution in [-0.2, 0) is 0 Å². The van der Waals surface area contributed by atoms with Gasteiger partial charge in [0.15, 0.2) is 0 Å². The zero-order valence-electron chi connectivity index (χ0n) is 16.4. The molecule has 2 heterocycles. The van der Waals surface area contributed by atoms with Gasteiger partial charge in [0.2, 0.25) is 5.88 Å². The smallest absolute Gasteiger partial charge is 0.254 e. The average molecular weight is 486 g/mol. The molecule has 1 saturated carbocycles. The number of primary amides is 1. The fraction of sp³-hybridized carbons (Fsp3) is 0.300. The average Bonchev–Trinajstić information content (AvgIpc) is 3.30. The molecule has 2 amide bonds. The van der Waals surface area contributed by atoms with Crippen LogP contribution in [0.4, 0.5) is 0 Å². The standard InChI is InChI=1S/C20H20BrN7O3/c21-13-8-12(9-15(10-13)28-11-24-26-27-28)19(30)25-14-3-5-16(6-4-14)31-20-17(18(22)29)2-1-7-23-20/h1-2,7-11,14,16H,3-6H2,(H2,22,29)(H,25,30)/t14-,16-. The second kappa shape index (κ2) is 9.21. The van der Waals surface area contributed by atoms with Crippen LogP contribution in [-0.4, -0.2) is 49.2 Å². The van der Waals surface area contributed by atoms with Crippen LogP contribution in [0.5, 0.6) is 5.88 Å². The van der Waals surface area contributed by atoms with Crippen molar-refractivity contribution in [1.82, 2.24) is 30.5 Å². The van der Waals surface area contributed by atoms with Gasteiger partial charge in [0.1, 0.15) is 18.0 Å². The van der Waals surface area contributed by atoms with Crippen molar-refractivity contribution < 1.29 is 14.3 Å². The van der Waals surface area contributed by atoms with Gasteiger partial charge in [0.05, 0.1) is 5.69 Å². The van der Waals surface area contributed by atoms with Gasteiger partial charge in [0.25, 0.3) is 11.8 Å². The number of carbonyl (C=O) groups is 2. The number of nitrogens with two attached hydrogens (primary N) is 1. The normalized spacial score (nSPS) is 18.4. The van der Waals surface area contributed by atoms with Crippen LogP contribution in [0, 0.1) is 0 Å². The molecule has 4 rings (SSSR count). The molecule has 31 heavy (non-hydrogen) atoms. The zero-order chi connectivity index (χ0) is 21.8. The predicted octanol–water partition coefficient (Wildman–Crippen LogP) is 2.04. The van der Waals surface area contributed by atoms with Crippen LogP contribution in [0.25, 0.3) is 5.69 Å². The minimum atomic E-state index is -0.570. The summed E-state index contributed by atoms with van der Waals surface area (Å²) in [6.45, 7) is 0. The topological polar surface area (TPSA) is 138 Å². The predicted molar refractivity (Wildman–Crippen MR) is 114 cm³/mol. The molecule has 10 nitrogen and oxygen atoms in total. The Labute approximate surface area is 186 Å². The lowest BCUT2D eigenvalue weighted by molar-refractivity contribution is 0.0881. The van der Waals surface area contributed by atoms with Gasteiger partial charge < -0.3 is 15.8 Å². The molecular weight excluding hydrogens is 466 g/mol. The molecule has 3 N–H and O–H groups in total. The second-order valence-electron chi connectivity index (χ2n) is 7.24. The van der Waals surface area contributed by atoms with E-state index in [1.807, 2.05) is 6.07 Å². The Hall–Kier alpha value is -3.34. The minimum absolute atomic E-state index is 0.0298. The Morgan fingerprint density at radius 2 is 2.00 bits per heavy atom. The van der Waals surface area contributed by atoms with Crippen LogP contribution in [0.2, 0.25) is 0 Å². The van der Waals surface area contributed by atoms with E-state index in [1.165, 1.54) is 11.0 Å². The number of carbonyl (C=O) groups excluding carboxylic acids is 2. The Balaban J connectivity index is 1.35. The summed E-state index contributed by atoms with van der Waals surface area (Å²) in [5, 5.41) is 14.2. The number of rotatable bonds is 6. The summed E-state index contributed by atoms with van der Waals surface area (Å²) in [6, 6.07) is 8.59. The van der Waals surface area contributed by atoms with Crippen LogP contribution in [0.3, 0.4) is 0 Å². The quantitative estimate of drug-likeness (QED) is 0.544. The molecule has 1 aromatic carbocycles. The van der Waals surface area contributed by atoms with Crippen molar-refractivity contribution in [2.75, 3.05) is 0 Å². The van der Waals surface area contributed by atoms with E-state index < -0.39 is 5.91 Å². The van der Waals surface area contributed by atoms with Crippen molar-refractivity contribution in [3.05, 3.63) is 58.5 Å². The van der Waals surface area contributed by atoms with Gasteiger partial charge in [-0.1, -0.05) is 15.9 Å². The third-order valence-electron chi connectivity index (χ3n) is 5.08. The van der Waals surface area contributed by atoms with E-state index in [1.54, 1.807) is 30.5 Å². The van der Waals surface area contributed by atoms with E-state index in [-0.39, 0.29) is 29.5 Å². The highest BCUT2D eigenvalue weighted by atomic mass is 79.9. The Morgan fingerprint density at radius 3 is 2.71 bits per heavy atom. The first kappa shape index (κ1) is 20.9. The van der Waals surface area contributed by atoms with Gasteiger partial charge in [-0.25, -0.2) is 9.67 Å². The van der Waals surface area contributed by atoms with Crippen LogP contribution < -0.4 is 15.8 Å². The number of tetrazole rings is 1. The first-order valence-electron chi connectivity index (χ1n) is 9.76. The molecule has 0 unspecified atom stereocenters. The third-order valence-corrected chi connectivity index (χ3v) is 5.54. The van der Waals surface area contributed by atoms with Crippen molar-refractivity contribution >= 4 is 27.7 Å². The molecule has 1 aliphatic carbocycles. The third kappa shape index (κ3) is 5.05. The lowest BCUT2D eigenvalue weighted by Crippen LogP contribution is -2.40. The van der Waals surface area contributed by atoms with Crippen molar-refractivity contribution in [1.29, 1.82) is 0 Å². The van der Waals surface area contributed by atoms with E-state index in [0.29, 0.717) is 11.3 Å². The van der Waals surface area contributed by atoms with Gasteiger partial charge in [-0.3, -0.25) is 9.59 Å². The molecule has 0 saturated heterocycles. The van der Waals surface area contributed by atoms with Crippen LogP contribution in [0.15, 0.2) is 47.3 Å². The van der Waals surface area contributed by atoms with Gasteiger partial charge in [-0.2, -0.15) is 0 Å². The fourth-order valence-corrected chi connectivity index (χ4v) is 4.02. The summed E-state index contributed by atoms with van der Waals surface area (Å²) in [4.78, 5) is 28.5. The van der Waals surface area contributed by atoms with Gasteiger partial charge in [-0.05, 0) is 66.4 Å². The number of ether oxygens (including phenoxy) is 1. The van der Waals surface area contributed by atoms with Crippen LogP contribution in [0.1, 0.15) is 46.4 Å². The van der Waals surface area contributed by atoms with E-state index in [2.05, 4.69) is 41.8 Å². The summed E-state index contributed by atoms with van der Waals surface area (Å²) in [7, 11) is 0.